The SMILES string of the molecule is COc1ccccc1CC(=O)c1c[nH]c2cccc(C)c12. The largest absolute Gasteiger partial charge is 0.496 e. The highest BCUT2D eigenvalue weighted by molar-refractivity contribution is 6.09. The predicted molar refractivity (Wildman–Crippen MR) is 84.1 cm³/mol. The van der Waals surface area contributed by atoms with Gasteiger partial charge in [-0.05, 0) is 24.6 Å². The summed E-state index contributed by atoms with van der Waals surface area (Å²) in [5, 5.41) is 1.01. The van der Waals surface area contributed by atoms with Crippen LogP contribution in [0.4, 0.5) is 0 Å². The minimum absolute atomic E-state index is 0.0973. The summed E-state index contributed by atoms with van der Waals surface area (Å²) < 4.78 is 5.31. The van der Waals surface area contributed by atoms with Crippen LogP contribution in [0.25, 0.3) is 10.9 Å². The molecule has 3 nitrogen and oxygen atoms in total. The fourth-order valence-corrected chi connectivity index (χ4v) is 2.70. The van der Waals surface area contributed by atoms with Crippen LogP contribution >= 0.6 is 0 Å². The number of aromatic nitrogens is 1. The van der Waals surface area contributed by atoms with Gasteiger partial charge in [0, 0.05) is 34.6 Å². The third-order valence-corrected chi connectivity index (χ3v) is 3.76. The van der Waals surface area contributed by atoms with Gasteiger partial charge in [0.05, 0.1) is 7.11 Å². The lowest BCUT2D eigenvalue weighted by Gasteiger charge is -2.07. The van der Waals surface area contributed by atoms with Gasteiger partial charge in [-0.1, -0.05) is 30.3 Å². The number of Topliss-reactive ketones (excluding diaryl/α,β-unsaturated/α-hetero) is 1. The Hall–Kier alpha value is -2.55. The van der Waals surface area contributed by atoms with E-state index in [-0.39, 0.29) is 5.78 Å². The fourth-order valence-electron chi connectivity index (χ4n) is 2.70. The second-order valence-corrected chi connectivity index (χ2v) is 5.11. The number of hydrogen-bond donors (Lipinski definition) is 1. The molecule has 1 heterocycles. The molecule has 0 unspecified atom stereocenters. The standard InChI is InChI=1S/C18H17NO2/c1-12-6-5-8-15-18(12)14(11-19-15)16(20)10-13-7-3-4-9-17(13)21-2/h3-9,11,19H,10H2,1-2H3. The highest BCUT2D eigenvalue weighted by Crippen LogP contribution is 2.25. The number of benzene rings is 2. The lowest BCUT2D eigenvalue weighted by atomic mass is 9.99. The quantitative estimate of drug-likeness (QED) is 0.736. The van der Waals surface area contributed by atoms with Crippen LogP contribution in [0.3, 0.4) is 0 Å². The van der Waals surface area contributed by atoms with Gasteiger partial charge in [0.25, 0.3) is 0 Å². The molecule has 21 heavy (non-hydrogen) atoms. The average Bonchev–Trinajstić information content (AvgIpc) is 2.93. The van der Waals surface area contributed by atoms with Gasteiger partial charge in [-0.3, -0.25) is 4.79 Å². The fraction of sp³-hybridized carbons (Fsp3) is 0.167. The van der Waals surface area contributed by atoms with Crippen LogP contribution in [-0.4, -0.2) is 17.9 Å². The number of rotatable bonds is 4. The molecule has 106 valence electrons. The molecular formula is C18H17NO2. The van der Waals surface area contributed by atoms with Crippen molar-refractivity contribution < 1.29 is 9.53 Å². The number of ketones is 1. The molecule has 0 saturated carbocycles. The zero-order valence-electron chi connectivity index (χ0n) is 12.1. The van der Waals surface area contributed by atoms with Crippen LogP contribution in [-0.2, 0) is 6.42 Å². The van der Waals surface area contributed by atoms with E-state index in [1.807, 2.05) is 49.4 Å². The minimum atomic E-state index is 0.0973. The molecule has 0 aliphatic rings. The molecule has 3 heteroatoms. The highest BCUT2D eigenvalue weighted by Gasteiger charge is 2.15. The van der Waals surface area contributed by atoms with Crippen molar-refractivity contribution in [3.63, 3.8) is 0 Å². The van der Waals surface area contributed by atoms with Crippen LogP contribution in [0.1, 0.15) is 21.5 Å². The molecule has 0 saturated heterocycles. The number of H-pyrrole nitrogens is 1. The second kappa shape index (κ2) is 5.44. The van der Waals surface area contributed by atoms with E-state index in [0.717, 1.165) is 33.3 Å². The zero-order valence-corrected chi connectivity index (χ0v) is 12.1. The number of fused-ring (bicyclic) bond motifs is 1. The van der Waals surface area contributed by atoms with Crippen molar-refractivity contribution in [3.05, 3.63) is 65.4 Å². The van der Waals surface area contributed by atoms with Crippen molar-refractivity contribution in [2.75, 3.05) is 7.11 Å². The molecule has 1 aromatic heterocycles. The summed E-state index contributed by atoms with van der Waals surface area (Å²) in [7, 11) is 1.62. The third kappa shape index (κ3) is 2.42. The Kier molecular flexibility index (Phi) is 3.48. The summed E-state index contributed by atoms with van der Waals surface area (Å²) in [6.07, 6.45) is 2.14. The van der Waals surface area contributed by atoms with Crippen molar-refractivity contribution >= 4 is 16.7 Å². The maximum absolute atomic E-state index is 12.6. The van der Waals surface area contributed by atoms with Crippen molar-refractivity contribution in [2.45, 2.75) is 13.3 Å². The van der Waals surface area contributed by atoms with Gasteiger partial charge in [0.1, 0.15) is 5.75 Å². The Morgan fingerprint density at radius 3 is 2.76 bits per heavy atom. The number of carbonyl (C=O) groups excluding carboxylic acids is 1. The van der Waals surface area contributed by atoms with Crippen LogP contribution in [0.15, 0.2) is 48.7 Å². The van der Waals surface area contributed by atoms with E-state index in [1.54, 1.807) is 13.3 Å². The molecule has 0 fully saturated rings. The van der Waals surface area contributed by atoms with Gasteiger partial charge in [-0.2, -0.15) is 0 Å². The summed E-state index contributed by atoms with van der Waals surface area (Å²) in [5.74, 6) is 0.850. The van der Waals surface area contributed by atoms with E-state index in [9.17, 15) is 4.79 Å². The predicted octanol–water partition coefficient (Wildman–Crippen LogP) is 3.91. The first-order valence-corrected chi connectivity index (χ1v) is 6.92. The first kappa shape index (κ1) is 13.4. The molecule has 0 aliphatic carbocycles. The van der Waals surface area contributed by atoms with E-state index < -0.39 is 0 Å². The topological polar surface area (TPSA) is 42.1 Å². The summed E-state index contributed by atoms with van der Waals surface area (Å²) >= 11 is 0. The van der Waals surface area contributed by atoms with Crippen LogP contribution in [0.5, 0.6) is 5.75 Å². The van der Waals surface area contributed by atoms with Gasteiger partial charge in [-0.25, -0.2) is 0 Å². The molecule has 0 bridgehead atoms. The Morgan fingerprint density at radius 1 is 1.14 bits per heavy atom. The number of ether oxygens (including phenoxy) is 1. The molecular weight excluding hydrogens is 262 g/mol. The first-order valence-electron chi connectivity index (χ1n) is 6.92. The molecule has 0 amide bonds. The summed E-state index contributed by atoms with van der Waals surface area (Å²) in [6.45, 7) is 2.02. The van der Waals surface area contributed by atoms with Crippen LogP contribution in [0.2, 0.25) is 0 Å². The maximum Gasteiger partial charge on any atom is 0.169 e. The van der Waals surface area contributed by atoms with E-state index in [1.165, 1.54) is 0 Å². The third-order valence-electron chi connectivity index (χ3n) is 3.76. The number of carbonyl (C=O) groups is 1. The highest BCUT2D eigenvalue weighted by atomic mass is 16.5. The molecule has 3 aromatic rings. The van der Waals surface area contributed by atoms with Crippen LogP contribution in [0, 0.1) is 6.92 Å². The number of para-hydroxylation sites is 1. The van der Waals surface area contributed by atoms with E-state index in [2.05, 4.69) is 4.98 Å². The van der Waals surface area contributed by atoms with E-state index in [4.69, 9.17) is 4.74 Å². The molecule has 1 N–H and O–H groups in total. The van der Waals surface area contributed by atoms with Gasteiger partial charge >= 0.3 is 0 Å². The van der Waals surface area contributed by atoms with Crippen molar-refractivity contribution in [2.24, 2.45) is 0 Å². The summed E-state index contributed by atoms with van der Waals surface area (Å²) in [5.41, 5.74) is 3.76. The maximum atomic E-state index is 12.6. The number of nitrogens with one attached hydrogen (secondary N) is 1. The van der Waals surface area contributed by atoms with E-state index in [0.29, 0.717) is 6.42 Å². The van der Waals surface area contributed by atoms with Gasteiger partial charge in [-0.15, -0.1) is 0 Å². The number of aromatic amines is 1. The smallest absolute Gasteiger partial charge is 0.169 e. The molecule has 2 aromatic carbocycles. The zero-order chi connectivity index (χ0) is 14.8. The number of methoxy groups -OCH3 is 1. The Labute approximate surface area is 123 Å². The molecule has 0 atom stereocenters. The monoisotopic (exact) mass is 279 g/mol. The van der Waals surface area contributed by atoms with Gasteiger partial charge < -0.3 is 9.72 Å². The van der Waals surface area contributed by atoms with Crippen molar-refractivity contribution in [3.8, 4) is 5.75 Å². The Bertz CT molecular complexity index is 802. The first-order chi connectivity index (χ1) is 10.2. The summed E-state index contributed by atoms with van der Waals surface area (Å²) in [6, 6.07) is 13.6. The molecule has 0 aliphatic heterocycles. The average molecular weight is 279 g/mol. The summed E-state index contributed by atoms with van der Waals surface area (Å²) in [4.78, 5) is 15.8. The number of hydrogen-bond acceptors (Lipinski definition) is 2. The molecule has 3 rings (SSSR count). The lowest BCUT2D eigenvalue weighted by molar-refractivity contribution is 0.0993. The molecule has 0 radical (unpaired) electrons. The van der Waals surface area contributed by atoms with E-state index >= 15 is 0 Å². The molecule has 0 spiro atoms. The van der Waals surface area contributed by atoms with Crippen molar-refractivity contribution in [1.82, 2.24) is 4.98 Å². The Morgan fingerprint density at radius 2 is 1.95 bits per heavy atom. The normalized spacial score (nSPS) is 10.8. The second-order valence-electron chi connectivity index (χ2n) is 5.11. The Balaban J connectivity index is 1.98. The number of aryl methyl sites for hydroxylation is 1. The van der Waals surface area contributed by atoms with Crippen LogP contribution < -0.4 is 4.74 Å². The minimum Gasteiger partial charge on any atom is -0.496 e. The van der Waals surface area contributed by atoms with Crippen molar-refractivity contribution in [1.29, 1.82) is 0 Å². The lowest BCUT2D eigenvalue weighted by Crippen LogP contribution is -2.04. The van der Waals surface area contributed by atoms with Gasteiger partial charge in [0.15, 0.2) is 5.78 Å². The van der Waals surface area contributed by atoms with Gasteiger partial charge in [0.2, 0.25) is 0 Å².